The maximum atomic E-state index is 11.5. The normalized spacial score (nSPS) is 34.6. The lowest BCUT2D eigenvalue weighted by Gasteiger charge is -2.61. The number of fused-ring (bicyclic) bond motifs is 1. The average Bonchev–Trinajstić information content (AvgIpc) is 2.63. The van der Waals surface area contributed by atoms with Gasteiger partial charge < -0.3 is 14.6 Å². The summed E-state index contributed by atoms with van der Waals surface area (Å²) in [7, 11) is 3.43. The molecule has 4 atom stereocenters. The highest BCUT2D eigenvalue weighted by Crippen LogP contribution is 2.62. The van der Waals surface area contributed by atoms with Crippen molar-refractivity contribution in [3.63, 3.8) is 0 Å². The summed E-state index contributed by atoms with van der Waals surface area (Å²) < 4.78 is 11.4. The number of benzene rings is 1. The van der Waals surface area contributed by atoms with E-state index in [-0.39, 0.29) is 11.3 Å². The maximum Gasteiger partial charge on any atom is 0.163 e. The van der Waals surface area contributed by atoms with Crippen molar-refractivity contribution in [2.24, 2.45) is 22.7 Å². The number of hydrogen-bond donors (Lipinski definition) is 1. The molecule has 3 nitrogen and oxygen atoms in total. The summed E-state index contributed by atoms with van der Waals surface area (Å²) in [5.74, 6) is 2.50. The van der Waals surface area contributed by atoms with Crippen LogP contribution in [0.4, 0.5) is 0 Å². The van der Waals surface area contributed by atoms with Crippen molar-refractivity contribution >= 4 is 0 Å². The SMILES string of the molecule is CCc1cc(C[C@@H]2[C@@]3(C)CCCC(C)(C)[C@@H]3CC[C@@]2(C)O)c(OC)c(OC)c1. The van der Waals surface area contributed by atoms with Gasteiger partial charge in [0, 0.05) is 0 Å². The van der Waals surface area contributed by atoms with Crippen molar-refractivity contribution in [1.29, 1.82) is 0 Å². The first-order valence-corrected chi connectivity index (χ1v) is 11.0. The van der Waals surface area contributed by atoms with Gasteiger partial charge in [-0.25, -0.2) is 0 Å². The molecule has 0 heterocycles. The van der Waals surface area contributed by atoms with Crippen LogP contribution in [0.1, 0.15) is 77.8 Å². The molecule has 0 unspecified atom stereocenters. The Morgan fingerprint density at radius 2 is 1.75 bits per heavy atom. The van der Waals surface area contributed by atoms with Gasteiger partial charge in [0.05, 0.1) is 19.8 Å². The molecule has 0 radical (unpaired) electrons. The predicted molar refractivity (Wildman–Crippen MR) is 115 cm³/mol. The van der Waals surface area contributed by atoms with E-state index < -0.39 is 5.60 Å². The molecule has 2 aliphatic carbocycles. The molecule has 0 amide bonds. The molecule has 0 aromatic heterocycles. The van der Waals surface area contributed by atoms with E-state index in [2.05, 4.69) is 46.8 Å². The van der Waals surface area contributed by atoms with Crippen LogP contribution in [-0.2, 0) is 12.8 Å². The minimum absolute atomic E-state index is 0.143. The minimum atomic E-state index is -0.654. The zero-order valence-corrected chi connectivity index (χ0v) is 19.0. The molecule has 1 aromatic carbocycles. The van der Waals surface area contributed by atoms with E-state index >= 15 is 0 Å². The zero-order valence-electron chi connectivity index (χ0n) is 19.0. The van der Waals surface area contributed by atoms with Crippen molar-refractivity contribution < 1.29 is 14.6 Å². The monoisotopic (exact) mass is 388 g/mol. The van der Waals surface area contributed by atoms with Crippen LogP contribution in [0.5, 0.6) is 11.5 Å². The van der Waals surface area contributed by atoms with Gasteiger partial charge in [0.1, 0.15) is 0 Å². The van der Waals surface area contributed by atoms with Crippen molar-refractivity contribution in [2.75, 3.05) is 14.2 Å². The molecular formula is C25H40O3. The number of hydrogen-bond acceptors (Lipinski definition) is 3. The first-order chi connectivity index (χ1) is 13.1. The van der Waals surface area contributed by atoms with Gasteiger partial charge in [-0.2, -0.15) is 0 Å². The number of ether oxygens (including phenoxy) is 2. The number of rotatable bonds is 5. The lowest BCUT2D eigenvalue weighted by atomic mass is 9.45. The Morgan fingerprint density at radius 1 is 1.04 bits per heavy atom. The third kappa shape index (κ3) is 3.56. The Morgan fingerprint density at radius 3 is 2.36 bits per heavy atom. The smallest absolute Gasteiger partial charge is 0.163 e. The van der Waals surface area contributed by atoms with Gasteiger partial charge in [-0.3, -0.25) is 0 Å². The Hall–Kier alpha value is -1.22. The molecule has 0 bridgehead atoms. The number of aliphatic hydroxyl groups is 1. The van der Waals surface area contributed by atoms with Crippen LogP contribution in [0, 0.1) is 22.7 Å². The van der Waals surface area contributed by atoms with Gasteiger partial charge >= 0.3 is 0 Å². The highest BCUT2D eigenvalue weighted by Gasteiger charge is 2.57. The maximum absolute atomic E-state index is 11.5. The van der Waals surface area contributed by atoms with E-state index in [1.54, 1.807) is 14.2 Å². The average molecular weight is 389 g/mol. The van der Waals surface area contributed by atoms with E-state index in [0.29, 0.717) is 11.3 Å². The number of aryl methyl sites for hydroxylation is 1. The van der Waals surface area contributed by atoms with Gasteiger partial charge in [0.25, 0.3) is 0 Å². The van der Waals surface area contributed by atoms with Crippen LogP contribution < -0.4 is 9.47 Å². The molecule has 2 aliphatic rings. The molecule has 1 N–H and O–H groups in total. The second-order valence-corrected chi connectivity index (χ2v) is 10.4. The molecule has 3 heteroatoms. The highest BCUT2D eigenvalue weighted by molar-refractivity contribution is 5.50. The second-order valence-electron chi connectivity index (χ2n) is 10.4. The third-order valence-corrected chi connectivity index (χ3v) is 8.21. The minimum Gasteiger partial charge on any atom is -0.493 e. The van der Waals surface area contributed by atoms with Crippen LogP contribution in [-0.4, -0.2) is 24.9 Å². The lowest BCUT2D eigenvalue weighted by molar-refractivity contribution is -0.166. The Labute approximate surface area is 171 Å². The molecule has 1 aromatic rings. The van der Waals surface area contributed by atoms with Gasteiger partial charge in [-0.05, 0) is 85.3 Å². The van der Waals surface area contributed by atoms with Crippen LogP contribution >= 0.6 is 0 Å². The van der Waals surface area contributed by atoms with Crippen molar-refractivity contribution in [1.82, 2.24) is 0 Å². The van der Waals surface area contributed by atoms with E-state index in [4.69, 9.17) is 9.47 Å². The standard InChI is InChI=1S/C25H40O3/c1-8-17-14-18(22(28-7)19(15-17)27-6)16-21-24(4)12-9-11-23(2,3)20(24)10-13-25(21,5)26/h14-15,20-21,26H,8-13,16H2,1-7H3/t20-,21+,24-,25+/m0/s1. The first kappa shape index (κ1) is 21.5. The Balaban J connectivity index is 2.06. The molecule has 0 saturated heterocycles. The van der Waals surface area contributed by atoms with Gasteiger partial charge in [-0.15, -0.1) is 0 Å². The highest BCUT2D eigenvalue weighted by atomic mass is 16.5. The fraction of sp³-hybridized carbons (Fsp3) is 0.760. The predicted octanol–water partition coefficient (Wildman–Crippen LogP) is 5.80. The van der Waals surface area contributed by atoms with E-state index in [9.17, 15) is 5.11 Å². The molecule has 3 rings (SSSR count). The topological polar surface area (TPSA) is 38.7 Å². The van der Waals surface area contributed by atoms with E-state index in [0.717, 1.165) is 37.2 Å². The summed E-state index contributed by atoms with van der Waals surface area (Å²) in [6.45, 7) is 11.6. The van der Waals surface area contributed by atoms with E-state index in [1.807, 2.05) is 0 Å². The van der Waals surface area contributed by atoms with Crippen molar-refractivity contribution in [3.8, 4) is 11.5 Å². The largest absolute Gasteiger partial charge is 0.493 e. The fourth-order valence-electron chi connectivity index (χ4n) is 6.76. The third-order valence-electron chi connectivity index (χ3n) is 8.21. The Bertz CT molecular complexity index is 706. The van der Waals surface area contributed by atoms with Gasteiger partial charge in [-0.1, -0.05) is 40.2 Å². The summed E-state index contributed by atoms with van der Waals surface area (Å²) in [6.07, 6.45) is 7.56. The zero-order chi connectivity index (χ0) is 20.7. The number of methoxy groups -OCH3 is 2. The van der Waals surface area contributed by atoms with E-state index in [1.165, 1.54) is 30.4 Å². The first-order valence-electron chi connectivity index (χ1n) is 11.0. The van der Waals surface area contributed by atoms with Crippen LogP contribution in [0.15, 0.2) is 12.1 Å². The lowest BCUT2D eigenvalue weighted by Crippen LogP contribution is -2.58. The molecule has 28 heavy (non-hydrogen) atoms. The molecular weight excluding hydrogens is 348 g/mol. The molecule has 0 aliphatic heterocycles. The Kier molecular flexibility index (Phi) is 5.80. The van der Waals surface area contributed by atoms with Crippen LogP contribution in [0.25, 0.3) is 0 Å². The molecule has 2 fully saturated rings. The summed E-state index contributed by atoms with van der Waals surface area (Å²) in [6, 6.07) is 4.34. The van der Waals surface area contributed by atoms with Gasteiger partial charge in [0.2, 0.25) is 0 Å². The van der Waals surface area contributed by atoms with Crippen LogP contribution in [0.2, 0.25) is 0 Å². The second kappa shape index (κ2) is 7.55. The fourth-order valence-corrected chi connectivity index (χ4v) is 6.76. The van der Waals surface area contributed by atoms with Crippen molar-refractivity contribution in [2.45, 2.75) is 85.2 Å². The van der Waals surface area contributed by atoms with Crippen molar-refractivity contribution in [3.05, 3.63) is 23.3 Å². The summed E-state index contributed by atoms with van der Waals surface area (Å²) in [5.41, 5.74) is 2.26. The summed E-state index contributed by atoms with van der Waals surface area (Å²) in [4.78, 5) is 0. The molecule has 2 saturated carbocycles. The molecule has 158 valence electrons. The van der Waals surface area contributed by atoms with Crippen LogP contribution in [0.3, 0.4) is 0 Å². The summed E-state index contributed by atoms with van der Waals surface area (Å²) >= 11 is 0. The van der Waals surface area contributed by atoms with Gasteiger partial charge in [0.15, 0.2) is 11.5 Å². The quantitative estimate of drug-likeness (QED) is 0.692. The molecule has 0 spiro atoms. The summed E-state index contributed by atoms with van der Waals surface area (Å²) in [5, 5.41) is 11.5.